The number of aromatic nitrogens is 1. The Morgan fingerprint density at radius 2 is 2.24 bits per heavy atom. The predicted octanol–water partition coefficient (Wildman–Crippen LogP) is 3.54. The lowest BCUT2D eigenvalue weighted by Crippen LogP contribution is -1.96. The number of carboxylic acids is 1. The molecule has 0 radical (unpaired) electrons. The second-order valence-corrected chi connectivity index (χ2v) is 4.60. The smallest absolute Gasteiger partial charge is 0.303 e. The monoisotopic (exact) mass is 251 g/mol. The van der Waals surface area contributed by atoms with E-state index in [4.69, 9.17) is 16.7 Å². The Morgan fingerprint density at radius 3 is 2.94 bits per heavy atom. The molecule has 0 saturated carbocycles. The lowest BCUT2D eigenvalue weighted by molar-refractivity contribution is -0.137. The molecule has 1 aromatic carbocycles. The third kappa shape index (κ3) is 2.61. The molecule has 0 bridgehead atoms. The van der Waals surface area contributed by atoms with Crippen molar-refractivity contribution < 1.29 is 9.90 Å². The van der Waals surface area contributed by atoms with Crippen LogP contribution in [0.25, 0.3) is 10.9 Å². The minimum Gasteiger partial charge on any atom is -0.481 e. The van der Waals surface area contributed by atoms with E-state index in [0.29, 0.717) is 11.4 Å². The molecular formula is C13H14ClNO2. The highest BCUT2D eigenvalue weighted by molar-refractivity contribution is 6.31. The van der Waals surface area contributed by atoms with Gasteiger partial charge in [0.25, 0.3) is 0 Å². The van der Waals surface area contributed by atoms with Crippen LogP contribution in [-0.4, -0.2) is 16.1 Å². The zero-order chi connectivity index (χ0) is 12.4. The van der Waals surface area contributed by atoms with E-state index in [9.17, 15) is 4.79 Å². The molecule has 17 heavy (non-hydrogen) atoms. The first-order valence-corrected chi connectivity index (χ1v) is 5.94. The van der Waals surface area contributed by atoms with Gasteiger partial charge in [0.2, 0.25) is 0 Å². The molecule has 4 heteroatoms. The lowest BCUT2D eigenvalue weighted by Gasteiger charge is -2.00. The maximum atomic E-state index is 10.5. The molecule has 0 aliphatic heterocycles. The number of aliphatic carboxylic acids is 1. The van der Waals surface area contributed by atoms with Crippen molar-refractivity contribution in [2.24, 2.45) is 0 Å². The summed E-state index contributed by atoms with van der Waals surface area (Å²) in [5.41, 5.74) is 3.30. The van der Waals surface area contributed by atoms with Crippen molar-refractivity contribution in [3.63, 3.8) is 0 Å². The van der Waals surface area contributed by atoms with Crippen LogP contribution in [0.4, 0.5) is 0 Å². The number of aromatic amines is 1. The van der Waals surface area contributed by atoms with Gasteiger partial charge in [0.15, 0.2) is 0 Å². The molecule has 0 aliphatic rings. The quantitative estimate of drug-likeness (QED) is 0.873. The number of nitrogens with one attached hydrogen (secondary N) is 1. The molecule has 1 aromatic heterocycles. The first-order valence-electron chi connectivity index (χ1n) is 5.56. The number of fused-ring (bicyclic) bond motifs is 1. The van der Waals surface area contributed by atoms with Crippen LogP contribution >= 0.6 is 11.6 Å². The standard InChI is InChI=1S/C13H14ClNO2/c1-8-10(3-2-4-13(16)17)11-6-5-9(14)7-12(11)15-8/h5-7,15H,2-4H2,1H3,(H,16,17). The van der Waals surface area contributed by atoms with Crippen LogP contribution < -0.4 is 0 Å². The van der Waals surface area contributed by atoms with Gasteiger partial charge in [-0.2, -0.15) is 0 Å². The maximum Gasteiger partial charge on any atom is 0.303 e. The van der Waals surface area contributed by atoms with Gasteiger partial charge in [0, 0.05) is 28.0 Å². The zero-order valence-electron chi connectivity index (χ0n) is 9.59. The van der Waals surface area contributed by atoms with Gasteiger partial charge < -0.3 is 10.1 Å². The summed E-state index contributed by atoms with van der Waals surface area (Å²) in [6.07, 6.45) is 1.64. The number of carbonyl (C=O) groups is 1. The fourth-order valence-electron chi connectivity index (χ4n) is 2.10. The minimum atomic E-state index is -0.745. The summed E-state index contributed by atoms with van der Waals surface area (Å²) in [4.78, 5) is 13.8. The third-order valence-electron chi connectivity index (χ3n) is 2.90. The lowest BCUT2D eigenvalue weighted by atomic mass is 10.0. The van der Waals surface area contributed by atoms with E-state index in [1.54, 1.807) is 0 Å². The maximum absolute atomic E-state index is 10.5. The van der Waals surface area contributed by atoms with Crippen molar-refractivity contribution in [2.75, 3.05) is 0 Å². The number of rotatable bonds is 4. The highest BCUT2D eigenvalue weighted by atomic mass is 35.5. The van der Waals surface area contributed by atoms with E-state index in [0.717, 1.165) is 23.0 Å². The summed E-state index contributed by atoms with van der Waals surface area (Å²) >= 11 is 5.93. The minimum absolute atomic E-state index is 0.208. The topological polar surface area (TPSA) is 53.1 Å². The van der Waals surface area contributed by atoms with Gasteiger partial charge in [-0.15, -0.1) is 0 Å². The predicted molar refractivity (Wildman–Crippen MR) is 68.6 cm³/mol. The SMILES string of the molecule is Cc1[nH]c2cc(Cl)ccc2c1CCCC(=O)O. The second-order valence-electron chi connectivity index (χ2n) is 4.17. The number of aryl methyl sites for hydroxylation is 2. The number of benzene rings is 1. The molecule has 0 aliphatic carbocycles. The molecule has 0 unspecified atom stereocenters. The van der Waals surface area contributed by atoms with E-state index in [2.05, 4.69) is 4.98 Å². The summed E-state index contributed by atoms with van der Waals surface area (Å²) in [5, 5.41) is 10.5. The Hall–Kier alpha value is -1.48. The Kier molecular flexibility index (Phi) is 3.38. The molecule has 1 heterocycles. The van der Waals surface area contributed by atoms with Crippen LogP contribution in [-0.2, 0) is 11.2 Å². The van der Waals surface area contributed by atoms with E-state index < -0.39 is 5.97 Å². The number of H-pyrrole nitrogens is 1. The van der Waals surface area contributed by atoms with Crippen molar-refractivity contribution >= 4 is 28.5 Å². The molecule has 0 atom stereocenters. The van der Waals surface area contributed by atoms with Crippen molar-refractivity contribution in [1.82, 2.24) is 4.98 Å². The first-order chi connectivity index (χ1) is 8.08. The molecule has 2 N–H and O–H groups in total. The van der Waals surface area contributed by atoms with Gasteiger partial charge in [-0.3, -0.25) is 4.79 Å². The normalized spacial score (nSPS) is 10.9. The van der Waals surface area contributed by atoms with Crippen LogP contribution in [0.15, 0.2) is 18.2 Å². The molecule has 2 aromatic rings. The average Bonchev–Trinajstić information content (AvgIpc) is 2.54. The second kappa shape index (κ2) is 4.80. The van der Waals surface area contributed by atoms with Gasteiger partial charge in [-0.05, 0) is 37.5 Å². The molecule has 0 spiro atoms. The Bertz CT molecular complexity index is 560. The zero-order valence-corrected chi connectivity index (χ0v) is 10.3. The molecule has 3 nitrogen and oxygen atoms in total. The summed E-state index contributed by atoms with van der Waals surface area (Å²) in [5.74, 6) is -0.745. The van der Waals surface area contributed by atoms with E-state index in [-0.39, 0.29) is 6.42 Å². The highest BCUT2D eigenvalue weighted by Crippen LogP contribution is 2.26. The van der Waals surface area contributed by atoms with Crippen molar-refractivity contribution in [3.8, 4) is 0 Å². The van der Waals surface area contributed by atoms with Crippen molar-refractivity contribution in [2.45, 2.75) is 26.2 Å². The van der Waals surface area contributed by atoms with Crippen LogP contribution in [0.5, 0.6) is 0 Å². The Balaban J connectivity index is 2.27. The van der Waals surface area contributed by atoms with Crippen LogP contribution in [0.3, 0.4) is 0 Å². The van der Waals surface area contributed by atoms with E-state index in [1.807, 2.05) is 25.1 Å². The molecule has 0 fully saturated rings. The summed E-state index contributed by atoms with van der Waals surface area (Å²) < 4.78 is 0. The van der Waals surface area contributed by atoms with Gasteiger partial charge in [0.05, 0.1) is 0 Å². The Labute approximate surface area is 104 Å². The largest absolute Gasteiger partial charge is 0.481 e. The van der Waals surface area contributed by atoms with Crippen LogP contribution in [0, 0.1) is 6.92 Å². The molecule has 0 saturated heterocycles. The third-order valence-corrected chi connectivity index (χ3v) is 3.13. The fourth-order valence-corrected chi connectivity index (χ4v) is 2.27. The van der Waals surface area contributed by atoms with Gasteiger partial charge in [0.1, 0.15) is 0 Å². The van der Waals surface area contributed by atoms with Crippen molar-refractivity contribution in [1.29, 1.82) is 0 Å². The van der Waals surface area contributed by atoms with Gasteiger partial charge in [-0.1, -0.05) is 17.7 Å². The molecule has 2 rings (SSSR count). The highest BCUT2D eigenvalue weighted by Gasteiger charge is 2.09. The van der Waals surface area contributed by atoms with Crippen LogP contribution in [0.2, 0.25) is 5.02 Å². The number of halogens is 1. The first kappa shape index (κ1) is 12.0. The summed E-state index contributed by atoms with van der Waals surface area (Å²) in [7, 11) is 0. The molecular weight excluding hydrogens is 238 g/mol. The number of carboxylic acid groups (broad SMARTS) is 1. The Morgan fingerprint density at radius 1 is 1.47 bits per heavy atom. The van der Waals surface area contributed by atoms with Gasteiger partial charge >= 0.3 is 5.97 Å². The molecule has 0 amide bonds. The number of hydrogen-bond donors (Lipinski definition) is 2. The van der Waals surface area contributed by atoms with Gasteiger partial charge in [-0.25, -0.2) is 0 Å². The van der Waals surface area contributed by atoms with E-state index in [1.165, 1.54) is 5.56 Å². The summed E-state index contributed by atoms with van der Waals surface area (Å²) in [6, 6.07) is 5.74. The van der Waals surface area contributed by atoms with Crippen LogP contribution in [0.1, 0.15) is 24.1 Å². The van der Waals surface area contributed by atoms with E-state index >= 15 is 0 Å². The van der Waals surface area contributed by atoms with Crippen molar-refractivity contribution in [3.05, 3.63) is 34.5 Å². The average molecular weight is 252 g/mol. The molecule has 90 valence electrons. The summed E-state index contributed by atoms with van der Waals surface area (Å²) in [6.45, 7) is 2.00. The fraction of sp³-hybridized carbons (Fsp3) is 0.308. The number of hydrogen-bond acceptors (Lipinski definition) is 1.